The molecule has 0 N–H and O–H groups in total. The third-order valence-electron chi connectivity index (χ3n) is 1.73. The van der Waals surface area contributed by atoms with E-state index in [0.29, 0.717) is 6.61 Å². The van der Waals surface area contributed by atoms with E-state index in [-0.39, 0.29) is 29.6 Å². The topological polar surface area (TPSA) is 61.8 Å². The minimum Gasteiger partial charge on any atom is -0.486 e. The van der Waals surface area contributed by atoms with Crippen molar-refractivity contribution in [3.05, 3.63) is 10.7 Å². The third kappa shape index (κ3) is 6.20. The highest BCUT2D eigenvalue weighted by atomic mass is 32.2. The van der Waals surface area contributed by atoms with Gasteiger partial charge in [-0.15, -0.1) is 6.42 Å². The van der Waals surface area contributed by atoms with Gasteiger partial charge in [-0.3, -0.25) is 0 Å². The fraction of sp³-hybridized carbons (Fsp3) is 0.538. The molecule has 106 valence electrons. The molecule has 0 rings (SSSR count). The summed E-state index contributed by atoms with van der Waals surface area (Å²) in [4.78, 5) is 23.6. The van der Waals surface area contributed by atoms with Crippen molar-refractivity contribution in [3.63, 3.8) is 0 Å². The number of ether oxygens (including phenoxy) is 3. The zero-order valence-electron chi connectivity index (χ0n) is 11.4. The van der Waals surface area contributed by atoms with E-state index in [1.807, 2.05) is 0 Å². The Labute approximate surface area is 117 Å². The molecule has 0 saturated heterocycles. The Morgan fingerprint density at radius 3 is 1.84 bits per heavy atom. The van der Waals surface area contributed by atoms with Crippen molar-refractivity contribution in [2.75, 3.05) is 25.6 Å². The first-order chi connectivity index (χ1) is 9.12. The fourth-order valence-corrected chi connectivity index (χ4v) is 1.81. The van der Waals surface area contributed by atoms with Crippen LogP contribution in [0.3, 0.4) is 0 Å². The number of thioether (sulfide) groups is 1. The molecule has 0 fully saturated rings. The highest BCUT2D eigenvalue weighted by Crippen LogP contribution is 2.23. The summed E-state index contributed by atoms with van der Waals surface area (Å²) in [6, 6.07) is 0. The number of rotatable bonds is 8. The van der Waals surface area contributed by atoms with Gasteiger partial charge >= 0.3 is 11.9 Å². The minimum absolute atomic E-state index is 0.136. The molecule has 0 aliphatic heterocycles. The molecule has 0 aromatic heterocycles. The third-order valence-corrected chi connectivity index (χ3v) is 2.62. The van der Waals surface area contributed by atoms with E-state index in [1.165, 1.54) is 0 Å². The second-order valence-electron chi connectivity index (χ2n) is 3.03. The SMILES string of the molecule is C#CCSC(OCC)=C(C(=O)OCC)C(=O)OCC. The smallest absolute Gasteiger partial charge is 0.350 e. The number of terminal acetylenes is 1. The summed E-state index contributed by atoms with van der Waals surface area (Å²) in [5.41, 5.74) is -0.245. The molecule has 0 bridgehead atoms. The maximum absolute atomic E-state index is 11.8. The number of esters is 2. The predicted molar refractivity (Wildman–Crippen MR) is 73.2 cm³/mol. The molecule has 0 saturated carbocycles. The van der Waals surface area contributed by atoms with Crippen LogP contribution in [0.5, 0.6) is 0 Å². The molecule has 0 aliphatic carbocycles. The van der Waals surface area contributed by atoms with E-state index >= 15 is 0 Å². The van der Waals surface area contributed by atoms with E-state index in [9.17, 15) is 9.59 Å². The van der Waals surface area contributed by atoms with Crippen LogP contribution in [0, 0.1) is 12.3 Å². The van der Waals surface area contributed by atoms with E-state index in [0.717, 1.165) is 11.8 Å². The first kappa shape index (κ1) is 17.4. The minimum atomic E-state index is -0.770. The molecule has 0 aromatic rings. The molecule has 0 spiro atoms. The zero-order chi connectivity index (χ0) is 14.7. The van der Waals surface area contributed by atoms with Crippen LogP contribution < -0.4 is 0 Å². The summed E-state index contributed by atoms with van der Waals surface area (Å²) in [5.74, 6) is 1.13. The Morgan fingerprint density at radius 1 is 1.00 bits per heavy atom. The van der Waals surface area contributed by atoms with Crippen molar-refractivity contribution in [1.82, 2.24) is 0 Å². The Balaban J connectivity index is 5.36. The predicted octanol–water partition coefficient (Wildman–Crippen LogP) is 1.73. The first-order valence-corrected chi connectivity index (χ1v) is 6.88. The Kier molecular flexibility index (Phi) is 9.45. The largest absolute Gasteiger partial charge is 0.486 e. The van der Waals surface area contributed by atoms with Gasteiger partial charge in [0.1, 0.15) is 0 Å². The van der Waals surface area contributed by atoms with Gasteiger partial charge in [-0.2, -0.15) is 0 Å². The molecule has 0 atom stereocenters. The van der Waals surface area contributed by atoms with Gasteiger partial charge in [-0.25, -0.2) is 9.59 Å². The van der Waals surface area contributed by atoms with Crippen molar-refractivity contribution < 1.29 is 23.8 Å². The molecule has 19 heavy (non-hydrogen) atoms. The number of carbonyl (C=O) groups is 2. The molecule has 0 amide bonds. The molecular formula is C13H18O5S. The van der Waals surface area contributed by atoms with Crippen LogP contribution in [-0.2, 0) is 23.8 Å². The van der Waals surface area contributed by atoms with Gasteiger partial charge in [0.25, 0.3) is 0 Å². The van der Waals surface area contributed by atoms with Crippen molar-refractivity contribution in [2.24, 2.45) is 0 Å². The average Bonchev–Trinajstić information content (AvgIpc) is 2.37. The van der Waals surface area contributed by atoms with Gasteiger partial charge in [-0.1, -0.05) is 17.7 Å². The van der Waals surface area contributed by atoms with E-state index < -0.39 is 11.9 Å². The molecule has 6 heteroatoms. The lowest BCUT2D eigenvalue weighted by Gasteiger charge is -2.12. The van der Waals surface area contributed by atoms with Crippen molar-refractivity contribution in [3.8, 4) is 12.3 Å². The summed E-state index contributed by atoms with van der Waals surface area (Å²) >= 11 is 1.08. The molecule has 0 unspecified atom stereocenters. The fourth-order valence-electron chi connectivity index (χ4n) is 1.08. The quantitative estimate of drug-likeness (QED) is 0.169. The van der Waals surface area contributed by atoms with Gasteiger partial charge in [0.15, 0.2) is 10.7 Å². The van der Waals surface area contributed by atoms with Gasteiger partial charge < -0.3 is 14.2 Å². The van der Waals surface area contributed by atoms with E-state index in [4.69, 9.17) is 20.6 Å². The summed E-state index contributed by atoms with van der Waals surface area (Å²) in [6.07, 6.45) is 5.16. The summed E-state index contributed by atoms with van der Waals surface area (Å²) in [5, 5.41) is 0.136. The second-order valence-corrected chi connectivity index (χ2v) is 3.98. The highest BCUT2D eigenvalue weighted by Gasteiger charge is 2.27. The lowest BCUT2D eigenvalue weighted by atomic mass is 10.3. The zero-order valence-corrected chi connectivity index (χ0v) is 12.2. The van der Waals surface area contributed by atoms with Crippen LogP contribution in [-0.4, -0.2) is 37.5 Å². The Morgan fingerprint density at radius 2 is 1.47 bits per heavy atom. The van der Waals surface area contributed by atoms with Crippen LogP contribution in [0.4, 0.5) is 0 Å². The lowest BCUT2D eigenvalue weighted by molar-refractivity contribution is -0.146. The molecule has 0 aliphatic rings. The highest BCUT2D eigenvalue weighted by molar-refractivity contribution is 8.03. The monoisotopic (exact) mass is 286 g/mol. The molecular weight excluding hydrogens is 268 g/mol. The summed E-state index contributed by atoms with van der Waals surface area (Å²) in [6.45, 7) is 5.65. The van der Waals surface area contributed by atoms with Gasteiger partial charge in [0.2, 0.25) is 0 Å². The van der Waals surface area contributed by atoms with Gasteiger partial charge in [0.05, 0.1) is 25.6 Å². The van der Waals surface area contributed by atoms with Crippen LogP contribution >= 0.6 is 11.8 Å². The second kappa shape index (κ2) is 10.3. The van der Waals surface area contributed by atoms with Crippen LogP contribution in [0.25, 0.3) is 0 Å². The summed E-state index contributed by atoms with van der Waals surface area (Å²) in [7, 11) is 0. The lowest BCUT2D eigenvalue weighted by Crippen LogP contribution is -2.21. The first-order valence-electron chi connectivity index (χ1n) is 5.89. The Bertz CT molecular complexity index is 361. The normalized spacial score (nSPS) is 9.16. The summed E-state index contributed by atoms with van der Waals surface area (Å²) < 4.78 is 15.0. The molecule has 0 aromatic carbocycles. The van der Waals surface area contributed by atoms with Crippen molar-refractivity contribution in [2.45, 2.75) is 20.8 Å². The molecule has 0 heterocycles. The molecule has 0 radical (unpaired) electrons. The standard InChI is InChI=1S/C13H18O5S/c1-5-9-19-13(18-8-4)10(11(14)16-6-2)12(15)17-7-3/h1H,6-9H2,2-4H3. The average molecular weight is 286 g/mol. The molecule has 5 nitrogen and oxygen atoms in total. The van der Waals surface area contributed by atoms with Crippen LogP contribution in [0.2, 0.25) is 0 Å². The van der Waals surface area contributed by atoms with Crippen molar-refractivity contribution >= 4 is 23.7 Å². The number of hydrogen-bond donors (Lipinski definition) is 0. The number of hydrogen-bond acceptors (Lipinski definition) is 6. The van der Waals surface area contributed by atoms with Crippen LogP contribution in [0.15, 0.2) is 10.7 Å². The van der Waals surface area contributed by atoms with Gasteiger partial charge in [0, 0.05) is 0 Å². The maximum atomic E-state index is 11.8. The van der Waals surface area contributed by atoms with Gasteiger partial charge in [-0.05, 0) is 20.8 Å². The Hall–Kier alpha value is -1.61. The van der Waals surface area contributed by atoms with E-state index in [2.05, 4.69) is 5.92 Å². The van der Waals surface area contributed by atoms with Crippen molar-refractivity contribution in [1.29, 1.82) is 0 Å². The maximum Gasteiger partial charge on any atom is 0.350 e. The van der Waals surface area contributed by atoms with E-state index in [1.54, 1.807) is 20.8 Å². The van der Waals surface area contributed by atoms with Crippen LogP contribution in [0.1, 0.15) is 20.8 Å². The number of carbonyl (C=O) groups excluding carboxylic acids is 2.